The van der Waals surface area contributed by atoms with Gasteiger partial charge in [0.25, 0.3) is 11.5 Å². The van der Waals surface area contributed by atoms with Gasteiger partial charge in [-0.3, -0.25) is 14.2 Å². The van der Waals surface area contributed by atoms with E-state index in [1.54, 1.807) is 47.8 Å². The SMILES string of the molecule is CCC(c1ncc(OC)c(=O)n1Cc1ccccc1)N(CC[N+](C)(C)[O-])C(=O)c1ccc(Br)cc1. The molecule has 0 radical (unpaired) electrons. The molecule has 3 rings (SSSR count). The van der Waals surface area contributed by atoms with Crippen LogP contribution < -0.4 is 10.3 Å². The fraction of sp³-hybridized carbons (Fsp3) is 0.346. The van der Waals surface area contributed by atoms with Crippen molar-refractivity contribution in [2.24, 2.45) is 0 Å². The first-order valence-corrected chi connectivity index (χ1v) is 12.2. The molecule has 1 heterocycles. The lowest BCUT2D eigenvalue weighted by Crippen LogP contribution is -2.45. The molecule has 0 N–H and O–H groups in total. The Balaban J connectivity index is 2.11. The van der Waals surface area contributed by atoms with Crippen molar-refractivity contribution in [2.45, 2.75) is 25.9 Å². The first kappa shape index (κ1) is 26.6. The lowest BCUT2D eigenvalue weighted by molar-refractivity contribution is -0.839. The molecule has 0 saturated heterocycles. The molecule has 0 aliphatic carbocycles. The van der Waals surface area contributed by atoms with Gasteiger partial charge in [-0.2, -0.15) is 0 Å². The third-order valence-electron chi connectivity index (χ3n) is 5.74. The van der Waals surface area contributed by atoms with Crippen molar-refractivity contribution in [3.05, 3.63) is 97.8 Å². The molecule has 35 heavy (non-hydrogen) atoms. The maximum Gasteiger partial charge on any atom is 0.296 e. The van der Waals surface area contributed by atoms with Crippen molar-refractivity contribution in [3.63, 3.8) is 0 Å². The summed E-state index contributed by atoms with van der Waals surface area (Å²) in [5, 5.41) is 12.4. The molecule has 3 aromatic rings. The first-order chi connectivity index (χ1) is 16.6. The monoisotopic (exact) mass is 542 g/mol. The number of quaternary nitrogens is 1. The van der Waals surface area contributed by atoms with E-state index in [0.717, 1.165) is 10.0 Å². The van der Waals surface area contributed by atoms with Gasteiger partial charge in [0.2, 0.25) is 5.75 Å². The molecule has 2 aromatic carbocycles. The van der Waals surface area contributed by atoms with Crippen molar-refractivity contribution in [1.29, 1.82) is 0 Å². The maximum absolute atomic E-state index is 13.7. The minimum absolute atomic E-state index is 0.127. The van der Waals surface area contributed by atoms with E-state index in [-0.39, 0.29) is 36.9 Å². The van der Waals surface area contributed by atoms with Crippen molar-refractivity contribution in [1.82, 2.24) is 14.5 Å². The van der Waals surface area contributed by atoms with Crippen molar-refractivity contribution < 1.29 is 14.2 Å². The number of nitrogens with zero attached hydrogens (tertiary/aromatic N) is 4. The number of hydrogen-bond acceptors (Lipinski definition) is 5. The molecule has 0 fully saturated rings. The van der Waals surface area contributed by atoms with E-state index in [1.165, 1.54) is 13.3 Å². The van der Waals surface area contributed by atoms with E-state index in [4.69, 9.17) is 4.74 Å². The quantitative estimate of drug-likeness (QED) is 0.282. The largest absolute Gasteiger partial charge is 0.633 e. The van der Waals surface area contributed by atoms with E-state index in [0.29, 0.717) is 17.8 Å². The van der Waals surface area contributed by atoms with Gasteiger partial charge >= 0.3 is 0 Å². The van der Waals surface area contributed by atoms with Crippen LogP contribution in [0.4, 0.5) is 0 Å². The first-order valence-electron chi connectivity index (χ1n) is 11.4. The molecule has 0 saturated carbocycles. The summed E-state index contributed by atoms with van der Waals surface area (Å²) in [7, 11) is 4.51. The standard InChI is InChI=1S/C26H31BrN4O4/c1-5-22(29(15-16-31(2,3)34)25(32)20-11-13-21(27)14-12-20)24-28-17-23(35-4)26(33)30(24)18-19-9-7-6-8-10-19/h6-14,17,22H,5,15-16,18H2,1-4H3. The number of amides is 1. The second-order valence-electron chi connectivity index (χ2n) is 8.79. The Labute approximate surface area is 214 Å². The number of hydroxylamine groups is 3. The van der Waals surface area contributed by atoms with E-state index >= 15 is 0 Å². The predicted molar refractivity (Wildman–Crippen MR) is 139 cm³/mol. The number of carbonyl (C=O) groups excluding carboxylic acids is 1. The average Bonchev–Trinajstić information content (AvgIpc) is 2.83. The Morgan fingerprint density at radius 3 is 2.40 bits per heavy atom. The van der Waals surface area contributed by atoms with Crippen LogP contribution in [0.3, 0.4) is 0 Å². The fourth-order valence-corrected chi connectivity index (χ4v) is 4.12. The molecule has 1 atom stereocenters. The van der Waals surface area contributed by atoms with Crippen LogP contribution in [0.1, 0.15) is 41.1 Å². The van der Waals surface area contributed by atoms with Gasteiger partial charge in [0.05, 0.1) is 53.1 Å². The number of carbonyl (C=O) groups is 1. The van der Waals surface area contributed by atoms with Gasteiger partial charge in [-0.1, -0.05) is 53.2 Å². The Hall–Kier alpha value is -3.01. The molecule has 9 heteroatoms. The smallest absolute Gasteiger partial charge is 0.296 e. The van der Waals surface area contributed by atoms with Gasteiger partial charge in [0.1, 0.15) is 5.82 Å². The van der Waals surface area contributed by atoms with Gasteiger partial charge in [-0.25, -0.2) is 4.98 Å². The molecule has 0 spiro atoms. The molecule has 186 valence electrons. The fourth-order valence-electron chi connectivity index (χ4n) is 3.86. The number of rotatable bonds is 10. The van der Waals surface area contributed by atoms with Gasteiger partial charge < -0.3 is 19.5 Å². The second-order valence-corrected chi connectivity index (χ2v) is 9.70. The summed E-state index contributed by atoms with van der Waals surface area (Å²) in [6.45, 7) is 2.61. The molecule has 0 bridgehead atoms. The van der Waals surface area contributed by atoms with Gasteiger partial charge in [-0.05, 0) is 36.2 Å². The Bertz CT molecular complexity index is 1190. The van der Waals surface area contributed by atoms with E-state index in [9.17, 15) is 14.8 Å². The zero-order valence-corrected chi connectivity index (χ0v) is 22.1. The third-order valence-corrected chi connectivity index (χ3v) is 6.27. The molecule has 0 aliphatic rings. The molecule has 1 amide bonds. The number of ether oxygens (including phenoxy) is 1. The number of aromatic nitrogens is 2. The van der Waals surface area contributed by atoms with Gasteiger partial charge in [-0.15, -0.1) is 0 Å². The number of benzene rings is 2. The normalized spacial score (nSPS) is 12.3. The molecule has 8 nitrogen and oxygen atoms in total. The molecule has 1 unspecified atom stereocenters. The average molecular weight is 543 g/mol. The van der Waals surface area contributed by atoms with Crippen molar-refractivity contribution >= 4 is 21.8 Å². The molecule has 0 aliphatic heterocycles. The zero-order chi connectivity index (χ0) is 25.6. The highest BCUT2D eigenvalue weighted by Crippen LogP contribution is 2.26. The van der Waals surface area contributed by atoms with Crippen LogP contribution in [0.5, 0.6) is 5.75 Å². The lowest BCUT2D eigenvalue weighted by atomic mass is 10.1. The predicted octanol–water partition coefficient (Wildman–Crippen LogP) is 4.23. The highest BCUT2D eigenvalue weighted by molar-refractivity contribution is 9.10. The molecule has 1 aromatic heterocycles. The molecular weight excluding hydrogens is 512 g/mol. The number of hydrogen-bond donors (Lipinski definition) is 0. The van der Waals surface area contributed by atoms with Crippen LogP contribution in [0.25, 0.3) is 0 Å². The topological polar surface area (TPSA) is 87.5 Å². The van der Waals surface area contributed by atoms with Crippen LogP contribution in [0.2, 0.25) is 0 Å². The van der Waals surface area contributed by atoms with Crippen molar-refractivity contribution in [3.8, 4) is 5.75 Å². The summed E-state index contributed by atoms with van der Waals surface area (Å²) in [5.41, 5.74) is 1.09. The van der Waals surface area contributed by atoms with Crippen LogP contribution >= 0.6 is 15.9 Å². The van der Waals surface area contributed by atoms with Crippen molar-refractivity contribution in [2.75, 3.05) is 34.3 Å². The summed E-state index contributed by atoms with van der Waals surface area (Å²) in [6.07, 6.45) is 1.90. The Morgan fingerprint density at radius 1 is 1.17 bits per heavy atom. The number of halogens is 1. The summed E-state index contributed by atoms with van der Waals surface area (Å²) in [5.74, 6) is 0.348. The van der Waals surface area contributed by atoms with Crippen LogP contribution in [-0.2, 0) is 6.54 Å². The highest BCUT2D eigenvalue weighted by Gasteiger charge is 2.30. The second kappa shape index (κ2) is 11.6. The molecular formula is C26H31BrN4O4. The van der Waals surface area contributed by atoms with E-state index in [1.807, 2.05) is 37.3 Å². The Morgan fingerprint density at radius 2 is 1.83 bits per heavy atom. The summed E-state index contributed by atoms with van der Waals surface area (Å²) < 4.78 is 7.12. The minimum atomic E-state index is -0.548. The highest BCUT2D eigenvalue weighted by atomic mass is 79.9. The zero-order valence-electron chi connectivity index (χ0n) is 20.5. The number of likely N-dealkylation sites (N-methyl/N-ethyl adjacent to an activating group) is 1. The lowest BCUT2D eigenvalue weighted by Gasteiger charge is -2.38. The Kier molecular flexibility index (Phi) is 8.82. The van der Waals surface area contributed by atoms with E-state index < -0.39 is 10.7 Å². The summed E-state index contributed by atoms with van der Waals surface area (Å²) >= 11 is 3.40. The van der Waals surface area contributed by atoms with E-state index in [2.05, 4.69) is 20.9 Å². The maximum atomic E-state index is 13.7. The van der Waals surface area contributed by atoms with Gasteiger partial charge in [0.15, 0.2) is 0 Å². The van der Waals surface area contributed by atoms with Crippen LogP contribution in [0.15, 0.2) is 70.1 Å². The van der Waals surface area contributed by atoms with Gasteiger partial charge in [0, 0.05) is 10.0 Å². The third kappa shape index (κ3) is 6.78. The van der Waals surface area contributed by atoms with Crippen LogP contribution in [-0.4, -0.2) is 59.3 Å². The summed E-state index contributed by atoms with van der Waals surface area (Å²) in [6, 6.07) is 16.1. The number of methoxy groups -OCH3 is 1. The minimum Gasteiger partial charge on any atom is -0.633 e. The summed E-state index contributed by atoms with van der Waals surface area (Å²) in [4.78, 5) is 33.2. The van der Waals surface area contributed by atoms with Crippen LogP contribution in [0, 0.1) is 5.21 Å².